The van der Waals surface area contributed by atoms with Gasteiger partial charge in [-0.2, -0.15) is 4.39 Å². The molecule has 3 aliphatic rings. The number of carbonyl (C=O) groups is 1. The first kappa shape index (κ1) is 19.6. The number of nitrogens with two attached hydrogens (primary N) is 1. The van der Waals surface area contributed by atoms with E-state index in [1.165, 1.54) is 12.3 Å². The largest absolute Gasteiger partial charge is 0.376 e. The highest BCUT2D eigenvalue weighted by Crippen LogP contribution is 2.41. The van der Waals surface area contributed by atoms with E-state index in [0.717, 1.165) is 30.8 Å². The van der Waals surface area contributed by atoms with Crippen molar-refractivity contribution in [3.8, 4) is 0 Å². The van der Waals surface area contributed by atoms with Crippen LogP contribution in [0, 0.1) is 17.2 Å². The first-order valence-electron chi connectivity index (χ1n) is 9.14. The highest BCUT2D eigenvalue weighted by atomic mass is 32.2. The van der Waals surface area contributed by atoms with Gasteiger partial charge in [-0.05, 0) is 25.8 Å². The third-order valence-corrected chi connectivity index (χ3v) is 6.72. The molecule has 2 saturated heterocycles. The molecule has 0 aromatic carbocycles. The predicted octanol–water partition coefficient (Wildman–Crippen LogP) is 1.62. The van der Waals surface area contributed by atoms with Gasteiger partial charge in [0.25, 0.3) is 5.91 Å². The number of thioether (sulfide) groups is 1. The van der Waals surface area contributed by atoms with Crippen LogP contribution in [-0.4, -0.2) is 65.1 Å². The highest BCUT2D eigenvalue weighted by Gasteiger charge is 2.48. The Bertz CT molecular complexity index is 841. The lowest BCUT2D eigenvalue weighted by Crippen LogP contribution is -2.53. The second-order valence-corrected chi connectivity index (χ2v) is 8.46. The summed E-state index contributed by atoms with van der Waals surface area (Å²) >= 11 is 0.847. The number of likely N-dealkylation sites (tertiary alicyclic amines) is 1. The molecular weight excluding hydrogens is 388 g/mol. The average molecular weight is 409 g/mol. The number of pyridine rings is 1. The molecule has 0 aliphatic carbocycles. The van der Waals surface area contributed by atoms with Crippen LogP contribution in [0.3, 0.4) is 0 Å². The first-order chi connectivity index (χ1) is 13.4. The Morgan fingerprint density at radius 3 is 2.75 bits per heavy atom. The fourth-order valence-corrected chi connectivity index (χ4v) is 4.75. The third kappa shape index (κ3) is 3.49. The molecule has 4 heterocycles. The Morgan fingerprint density at radius 1 is 1.36 bits per heavy atom. The SMILES string of the molecule is C[C@@H]1OCC2(CCN(C3N=CC(Sc4ccnc(F)c4F)=NC3=O)CC2)[C@@H]1N. The van der Waals surface area contributed by atoms with E-state index >= 15 is 0 Å². The Hall–Kier alpha value is -1.75. The summed E-state index contributed by atoms with van der Waals surface area (Å²) < 4.78 is 32.7. The van der Waals surface area contributed by atoms with Gasteiger partial charge in [0.2, 0.25) is 5.95 Å². The number of ether oxygens (including phenoxy) is 1. The standard InChI is InChI=1S/C18H21F2N5O2S/c1-10-14(21)18(9-27-10)3-6-25(7-4-18)16-17(26)24-12(8-23-16)28-11-2-5-22-15(20)13(11)19/h2,5,8,10,14,16H,3-4,6-7,9,21H2,1H3/t10-,14+,16?/m0/s1. The molecule has 1 aromatic heterocycles. The molecular formula is C18H21F2N5O2S. The summed E-state index contributed by atoms with van der Waals surface area (Å²) in [6.45, 7) is 4.00. The molecule has 3 aliphatic heterocycles. The van der Waals surface area contributed by atoms with Crippen molar-refractivity contribution in [1.82, 2.24) is 9.88 Å². The van der Waals surface area contributed by atoms with E-state index in [1.807, 2.05) is 11.8 Å². The second-order valence-electron chi connectivity index (χ2n) is 7.40. The smallest absolute Gasteiger partial charge is 0.286 e. The first-order valence-corrected chi connectivity index (χ1v) is 9.96. The van der Waals surface area contributed by atoms with Crippen LogP contribution in [0.2, 0.25) is 0 Å². The summed E-state index contributed by atoms with van der Waals surface area (Å²) in [6.07, 6.45) is 3.63. The van der Waals surface area contributed by atoms with Gasteiger partial charge in [0, 0.05) is 30.7 Å². The van der Waals surface area contributed by atoms with Crippen molar-refractivity contribution in [2.75, 3.05) is 19.7 Å². The number of aliphatic imine (C=N–C) groups is 2. The van der Waals surface area contributed by atoms with Crippen LogP contribution in [0.1, 0.15) is 19.8 Å². The molecule has 3 atom stereocenters. The van der Waals surface area contributed by atoms with E-state index in [0.29, 0.717) is 19.7 Å². The maximum absolute atomic E-state index is 13.8. The minimum Gasteiger partial charge on any atom is -0.376 e. The van der Waals surface area contributed by atoms with E-state index in [1.54, 1.807) is 0 Å². The Morgan fingerprint density at radius 2 is 2.11 bits per heavy atom. The normalized spacial score (nSPS) is 30.1. The number of nitrogens with zero attached hydrogens (tertiary/aromatic N) is 4. The number of hydrogen-bond acceptors (Lipinski definition) is 7. The number of amides is 1. The van der Waals surface area contributed by atoms with Gasteiger partial charge >= 0.3 is 0 Å². The van der Waals surface area contributed by atoms with Gasteiger partial charge in [0.05, 0.1) is 23.8 Å². The molecule has 7 nitrogen and oxygen atoms in total. The number of rotatable bonds is 2. The molecule has 1 amide bonds. The summed E-state index contributed by atoms with van der Waals surface area (Å²) in [6, 6.07) is 1.32. The molecule has 4 rings (SSSR count). The minimum atomic E-state index is -1.19. The molecule has 1 unspecified atom stereocenters. The van der Waals surface area contributed by atoms with Gasteiger partial charge in [-0.3, -0.25) is 14.7 Å². The lowest BCUT2D eigenvalue weighted by Gasteiger charge is -2.42. The number of carbonyl (C=O) groups excluding carboxylic acids is 1. The van der Waals surface area contributed by atoms with Gasteiger partial charge in [-0.15, -0.1) is 0 Å². The van der Waals surface area contributed by atoms with Crippen molar-refractivity contribution >= 4 is 28.9 Å². The van der Waals surface area contributed by atoms with E-state index in [2.05, 4.69) is 15.0 Å². The van der Waals surface area contributed by atoms with Gasteiger partial charge in [0.15, 0.2) is 12.0 Å². The van der Waals surface area contributed by atoms with Crippen LogP contribution in [0.4, 0.5) is 8.78 Å². The monoisotopic (exact) mass is 409 g/mol. The Kier molecular flexibility index (Phi) is 5.30. The lowest BCUT2D eigenvalue weighted by atomic mass is 9.73. The number of piperidine rings is 1. The molecule has 2 fully saturated rings. The summed E-state index contributed by atoms with van der Waals surface area (Å²) in [4.78, 5) is 26.1. The average Bonchev–Trinajstić information content (AvgIpc) is 2.95. The van der Waals surface area contributed by atoms with Gasteiger partial charge in [-0.1, -0.05) is 11.8 Å². The highest BCUT2D eigenvalue weighted by molar-refractivity contribution is 8.15. The quantitative estimate of drug-likeness (QED) is 0.746. The zero-order valence-electron chi connectivity index (χ0n) is 15.3. The maximum Gasteiger partial charge on any atom is 0.286 e. The van der Waals surface area contributed by atoms with Crippen LogP contribution < -0.4 is 5.73 Å². The topological polar surface area (TPSA) is 93.2 Å². The van der Waals surface area contributed by atoms with E-state index < -0.39 is 23.8 Å². The van der Waals surface area contributed by atoms with Gasteiger partial charge < -0.3 is 10.5 Å². The molecule has 2 N–H and O–H groups in total. The van der Waals surface area contributed by atoms with Crippen LogP contribution in [0.25, 0.3) is 0 Å². The molecule has 150 valence electrons. The van der Waals surface area contributed by atoms with Gasteiger partial charge in [-0.25, -0.2) is 14.4 Å². The van der Waals surface area contributed by atoms with Crippen molar-refractivity contribution in [2.45, 2.75) is 43.0 Å². The lowest BCUT2D eigenvalue weighted by molar-refractivity contribution is -0.123. The third-order valence-electron chi connectivity index (χ3n) is 5.78. The fourth-order valence-electron chi connectivity index (χ4n) is 3.97. The molecule has 1 aromatic rings. The fraction of sp³-hybridized carbons (Fsp3) is 0.556. The predicted molar refractivity (Wildman–Crippen MR) is 101 cm³/mol. The second kappa shape index (κ2) is 7.58. The van der Waals surface area contributed by atoms with Crippen LogP contribution >= 0.6 is 11.8 Å². The summed E-state index contributed by atoms with van der Waals surface area (Å²) in [7, 11) is 0. The molecule has 0 bridgehead atoms. The van der Waals surface area contributed by atoms with E-state index in [9.17, 15) is 13.6 Å². The molecule has 10 heteroatoms. The van der Waals surface area contributed by atoms with Crippen molar-refractivity contribution in [2.24, 2.45) is 21.1 Å². The summed E-state index contributed by atoms with van der Waals surface area (Å²) in [5.74, 6) is -2.66. The maximum atomic E-state index is 13.8. The molecule has 1 spiro atoms. The van der Waals surface area contributed by atoms with E-state index in [4.69, 9.17) is 10.5 Å². The van der Waals surface area contributed by atoms with Crippen LogP contribution in [0.5, 0.6) is 0 Å². The Labute approximate surface area is 165 Å². The number of aromatic nitrogens is 1. The number of halogens is 2. The van der Waals surface area contributed by atoms with Crippen molar-refractivity contribution in [3.05, 3.63) is 24.0 Å². The number of hydrogen-bond donors (Lipinski definition) is 1. The summed E-state index contributed by atoms with van der Waals surface area (Å²) in [5, 5.41) is 0.222. The molecule has 0 saturated carbocycles. The Balaban J connectivity index is 1.39. The zero-order valence-corrected chi connectivity index (χ0v) is 16.2. The van der Waals surface area contributed by atoms with Crippen molar-refractivity contribution in [3.63, 3.8) is 0 Å². The molecule has 0 radical (unpaired) electrons. The summed E-state index contributed by atoms with van der Waals surface area (Å²) in [5.41, 5.74) is 6.29. The van der Waals surface area contributed by atoms with Crippen molar-refractivity contribution < 1.29 is 18.3 Å². The minimum absolute atomic E-state index is 0.00288. The van der Waals surface area contributed by atoms with Crippen LogP contribution in [0.15, 0.2) is 27.1 Å². The van der Waals surface area contributed by atoms with E-state index in [-0.39, 0.29) is 27.5 Å². The van der Waals surface area contributed by atoms with Crippen LogP contribution in [-0.2, 0) is 9.53 Å². The molecule has 28 heavy (non-hydrogen) atoms. The van der Waals surface area contributed by atoms with Gasteiger partial charge in [0.1, 0.15) is 5.04 Å². The zero-order chi connectivity index (χ0) is 19.9. The van der Waals surface area contributed by atoms with Crippen molar-refractivity contribution in [1.29, 1.82) is 0 Å².